The Bertz CT molecular complexity index is 468. The van der Waals surface area contributed by atoms with Gasteiger partial charge in [-0.25, -0.2) is 6.08 Å². The topological polar surface area (TPSA) is 29.5 Å². The van der Waals surface area contributed by atoms with Crippen LogP contribution in [0.1, 0.15) is 25.8 Å². The van der Waals surface area contributed by atoms with Crippen molar-refractivity contribution in [2.45, 2.75) is 20.3 Å². The minimum Gasteiger partial charge on any atom is -0.494 e. The van der Waals surface area contributed by atoms with Crippen molar-refractivity contribution in [3.8, 4) is 5.75 Å². The molecule has 1 radical (unpaired) electrons. The van der Waals surface area contributed by atoms with E-state index in [-0.39, 0.29) is 44.5 Å². The Morgan fingerprint density at radius 3 is 2.58 bits per heavy atom. The van der Waals surface area contributed by atoms with Crippen molar-refractivity contribution < 1.29 is 42.2 Å². The summed E-state index contributed by atoms with van der Waals surface area (Å²) in [5, 5.41) is 0. The van der Waals surface area contributed by atoms with E-state index in [0.717, 1.165) is 17.0 Å². The number of allylic oxidation sites excluding steroid dienone is 1. The molecule has 1 heterocycles. The van der Waals surface area contributed by atoms with Crippen molar-refractivity contribution >= 4 is 11.6 Å². The zero-order chi connectivity index (χ0) is 13.1. The fraction of sp³-hybridized carbons (Fsp3) is 0.400. The molecule has 0 N–H and O–H groups in total. The molecule has 1 unspecified atom stereocenters. The van der Waals surface area contributed by atoms with E-state index in [1.165, 1.54) is 0 Å². The molecule has 99 valence electrons. The second kappa shape index (κ2) is 7.21. The standard InChI is InChI=1S/C15H18NO2.Y/c1-4-18-13-8-6-12(7-9-13)14-10-5-11(2)15(17)16(14)3;/h6-9,11H,4-5H2,1-3H3;/q-1;. The predicted molar refractivity (Wildman–Crippen MR) is 70.8 cm³/mol. The Morgan fingerprint density at radius 2 is 2.00 bits per heavy atom. The van der Waals surface area contributed by atoms with Gasteiger partial charge in [0.15, 0.2) is 0 Å². The maximum absolute atomic E-state index is 11.9. The summed E-state index contributed by atoms with van der Waals surface area (Å²) in [4.78, 5) is 13.6. The van der Waals surface area contributed by atoms with Gasteiger partial charge in [0.1, 0.15) is 5.75 Å². The normalized spacial score (nSPS) is 18.7. The molecule has 0 saturated heterocycles. The summed E-state index contributed by atoms with van der Waals surface area (Å²) in [6.07, 6.45) is 3.98. The molecule has 0 saturated carbocycles. The number of ether oxygens (including phenoxy) is 1. The molecular weight excluding hydrogens is 315 g/mol. The molecule has 3 nitrogen and oxygen atoms in total. The van der Waals surface area contributed by atoms with Gasteiger partial charge < -0.3 is 9.64 Å². The van der Waals surface area contributed by atoms with Crippen molar-refractivity contribution in [3.63, 3.8) is 0 Å². The van der Waals surface area contributed by atoms with Gasteiger partial charge in [0.25, 0.3) is 0 Å². The zero-order valence-corrected chi connectivity index (χ0v) is 14.5. The summed E-state index contributed by atoms with van der Waals surface area (Å²) in [6, 6.07) is 7.77. The number of carbonyl (C=O) groups is 1. The van der Waals surface area contributed by atoms with Gasteiger partial charge in [-0.05, 0) is 19.1 Å². The van der Waals surface area contributed by atoms with Gasteiger partial charge in [-0.2, -0.15) is 5.56 Å². The number of nitrogens with zero attached hydrogens (tertiary/aromatic N) is 1. The van der Waals surface area contributed by atoms with Crippen molar-refractivity contribution in [1.82, 2.24) is 4.90 Å². The zero-order valence-electron chi connectivity index (χ0n) is 11.6. The first-order valence-electron chi connectivity index (χ1n) is 6.25. The van der Waals surface area contributed by atoms with Gasteiger partial charge in [0.2, 0.25) is 5.91 Å². The average Bonchev–Trinajstić information content (AvgIpc) is 2.38. The first kappa shape index (κ1) is 16.4. The molecular formula is C15H18NO2Y-. The molecule has 0 aliphatic carbocycles. The summed E-state index contributed by atoms with van der Waals surface area (Å²) in [7, 11) is 1.80. The SMILES string of the molecule is CCOc1ccc(C2=[C-]CC(C)C(=O)N2C)cc1.[Y]. The molecule has 0 spiro atoms. The van der Waals surface area contributed by atoms with Crippen LogP contribution in [-0.2, 0) is 37.5 Å². The Labute approximate surface area is 139 Å². The monoisotopic (exact) mass is 333 g/mol. The van der Waals surface area contributed by atoms with E-state index in [1.807, 2.05) is 38.1 Å². The third-order valence-electron chi connectivity index (χ3n) is 3.10. The van der Waals surface area contributed by atoms with Crippen molar-refractivity contribution in [2.24, 2.45) is 5.92 Å². The van der Waals surface area contributed by atoms with Crippen LogP contribution in [0, 0.1) is 12.0 Å². The molecule has 0 fully saturated rings. The maximum Gasteiger partial charge on any atom is 0.225 e. The van der Waals surface area contributed by atoms with Crippen LogP contribution in [0.25, 0.3) is 5.70 Å². The third kappa shape index (κ3) is 3.67. The molecule has 19 heavy (non-hydrogen) atoms. The largest absolute Gasteiger partial charge is 0.494 e. The van der Waals surface area contributed by atoms with Crippen molar-refractivity contribution in [2.75, 3.05) is 13.7 Å². The van der Waals surface area contributed by atoms with E-state index in [2.05, 4.69) is 6.08 Å². The molecule has 0 bridgehead atoms. The molecule has 1 aliphatic heterocycles. The second-order valence-electron chi connectivity index (χ2n) is 4.49. The summed E-state index contributed by atoms with van der Waals surface area (Å²) >= 11 is 0. The fourth-order valence-electron chi connectivity index (χ4n) is 2.07. The van der Waals surface area contributed by atoms with Crippen LogP contribution in [0.15, 0.2) is 24.3 Å². The van der Waals surface area contributed by atoms with Crippen LogP contribution >= 0.6 is 0 Å². The molecule has 1 aliphatic rings. The Hall–Kier alpha value is -0.666. The van der Waals surface area contributed by atoms with Crippen molar-refractivity contribution in [3.05, 3.63) is 35.9 Å². The van der Waals surface area contributed by atoms with Crippen LogP contribution in [0.4, 0.5) is 0 Å². The Morgan fingerprint density at radius 1 is 1.37 bits per heavy atom. The number of rotatable bonds is 3. The molecule has 1 atom stereocenters. The summed E-state index contributed by atoms with van der Waals surface area (Å²) in [6.45, 7) is 4.55. The van der Waals surface area contributed by atoms with E-state index in [0.29, 0.717) is 13.0 Å². The molecule has 4 heteroatoms. The second-order valence-corrected chi connectivity index (χ2v) is 4.49. The van der Waals surface area contributed by atoms with E-state index in [4.69, 9.17) is 4.74 Å². The summed E-state index contributed by atoms with van der Waals surface area (Å²) in [5.74, 6) is 1.03. The molecule has 0 aromatic heterocycles. The number of benzene rings is 1. The number of hydrogen-bond donors (Lipinski definition) is 0. The van der Waals surface area contributed by atoms with Crippen molar-refractivity contribution in [1.29, 1.82) is 0 Å². The van der Waals surface area contributed by atoms with Gasteiger partial charge >= 0.3 is 0 Å². The van der Waals surface area contributed by atoms with Gasteiger partial charge in [-0.1, -0.05) is 13.3 Å². The van der Waals surface area contributed by atoms with Gasteiger partial charge in [0, 0.05) is 45.7 Å². The first-order valence-corrected chi connectivity index (χ1v) is 6.25. The van der Waals surface area contributed by atoms with Gasteiger partial charge in [0.05, 0.1) is 6.61 Å². The van der Waals surface area contributed by atoms with Gasteiger partial charge in [-0.3, -0.25) is 4.79 Å². The molecule has 1 aromatic carbocycles. The third-order valence-corrected chi connectivity index (χ3v) is 3.10. The van der Waals surface area contributed by atoms with Crippen LogP contribution < -0.4 is 4.74 Å². The van der Waals surface area contributed by atoms with Crippen LogP contribution in [0.3, 0.4) is 0 Å². The average molecular weight is 333 g/mol. The van der Waals surface area contributed by atoms with Gasteiger partial charge in [-0.15, -0.1) is 17.8 Å². The van der Waals surface area contributed by atoms with E-state index in [9.17, 15) is 4.79 Å². The Kier molecular flexibility index (Phi) is 6.22. The quantitative estimate of drug-likeness (QED) is 0.796. The van der Waals surface area contributed by atoms with Crippen LogP contribution in [0.2, 0.25) is 0 Å². The van der Waals surface area contributed by atoms with E-state index in [1.54, 1.807) is 11.9 Å². The minimum absolute atomic E-state index is 0. The van der Waals surface area contributed by atoms with E-state index < -0.39 is 0 Å². The maximum atomic E-state index is 11.9. The van der Waals surface area contributed by atoms with Crippen LogP contribution in [-0.4, -0.2) is 24.5 Å². The van der Waals surface area contributed by atoms with Crippen LogP contribution in [0.5, 0.6) is 5.75 Å². The fourth-order valence-corrected chi connectivity index (χ4v) is 2.07. The molecule has 2 rings (SSSR count). The molecule has 1 aromatic rings. The summed E-state index contributed by atoms with van der Waals surface area (Å²) < 4.78 is 5.40. The van der Waals surface area contributed by atoms with E-state index >= 15 is 0 Å². The first-order chi connectivity index (χ1) is 8.63. The minimum atomic E-state index is 0. The molecule has 1 amide bonds. The summed E-state index contributed by atoms with van der Waals surface area (Å²) in [5.41, 5.74) is 1.86. The predicted octanol–water partition coefficient (Wildman–Crippen LogP) is 2.73. The number of amides is 1. The Balaban J connectivity index is 0.00000180. The number of carbonyl (C=O) groups excluding carboxylic acids is 1. The smallest absolute Gasteiger partial charge is 0.225 e. The number of hydrogen-bond acceptors (Lipinski definition) is 2.